The Morgan fingerprint density at radius 2 is 0.815 bits per heavy atom. The fourth-order valence-corrected chi connectivity index (χ4v) is 30.8. The molecule has 2 heteroatoms. The van der Waals surface area contributed by atoms with E-state index in [1.54, 1.807) is 22.3 Å². The summed E-state index contributed by atoms with van der Waals surface area (Å²) >= 11 is -2.32. The molecule has 0 saturated heterocycles. The van der Waals surface area contributed by atoms with Crippen molar-refractivity contribution in [1.82, 2.24) is 0 Å². The molecule has 0 bridgehead atoms. The molecule has 0 heterocycles. The number of hydrogen-bond donors (Lipinski definition) is 0. The zero-order valence-corrected chi connectivity index (χ0v) is 35.0. The second-order valence-corrected chi connectivity index (χ2v) is 33.3. The van der Waals surface area contributed by atoms with E-state index < -0.39 is 25.8 Å². The van der Waals surface area contributed by atoms with Gasteiger partial charge < -0.3 is 0 Å². The van der Waals surface area contributed by atoms with Gasteiger partial charge in [-0.3, -0.25) is 0 Å². The van der Waals surface area contributed by atoms with Gasteiger partial charge in [-0.1, -0.05) is 0 Å². The Morgan fingerprint density at radius 1 is 0.426 bits per heavy atom. The van der Waals surface area contributed by atoms with Crippen molar-refractivity contribution in [3.05, 3.63) is 179 Å². The molecule has 0 amide bonds. The van der Waals surface area contributed by atoms with Crippen LogP contribution in [0.15, 0.2) is 157 Å². The van der Waals surface area contributed by atoms with Crippen molar-refractivity contribution in [1.29, 1.82) is 0 Å². The van der Waals surface area contributed by atoms with E-state index in [9.17, 15) is 0 Å². The summed E-state index contributed by atoms with van der Waals surface area (Å²) in [6.45, 7) is 10.2. The molecular weight excluding hydrogens is 744 g/mol. The average molecular weight is 788 g/mol. The van der Waals surface area contributed by atoms with Crippen molar-refractivity contribution < 1.29 is 20.4 Å². The molecule has 54 heavy (non-hydrogen) atoms. The normalized spacial score (nSPS) is 16.1. The molecule has 10 rings (SSSR count). The molecule has 0 aliphatic heterocycles. The van der Waals surface area contributed by atoms with Crippen molar-refractivity contribution in [2.75, 3.05) is 0 Å². The predicted molar refractivity (Wildman–Crippen MR) is 233 cm³/mol. The molecule has 0 saturated carbocycles. The van der Waals surface area contributed by atoms with Gasteiger partial charge in [0.1, 0.15) is 0 Å². The van der Waals surface area contributed by atoms with E-state index in [-0.39, 0.29) is 0 Å². The molecular formula is C52H44SiZr. The Balaban J connectivity index is 1.15. The first-order chi connectivity index (χ1) is 26.6. The van der Waals surface area contributed by atoms with Crippen LogP contribution < -0.4 is 0 Å². The summed E-state index contributed by atoms with van der Waals surface area (Å²) < 4.78 is 1.19. The Labute approximate surface area is 327 Å². The number of hydrogen-bond acceptors (Lipinski definition) is 0. The maximum absolute atomic E-state index is 2.66. The fourth-order valence-electron chi connectivity index (χ4n) is 10.0. The third-order valence-electron chi connectivity index (χ3n) is 12.4. The quantitative estimate of drug-likeness (QED) is 0.116. The molecule has 0 radical (unpaired) electrons. The maximum atomic E-state index is 2.66. The van der Waals surface area contributed by atoms with E-state index in [0.29, 0.717) is 7.25 Å². The van der Waals surface area contributed by atoms with Crippen molar-refractivity contribution in [3.63, 3.8) is 0 Å². The van der Waals surface area contributed by atoms with Gasteiger partial charge in [-0.2, -0.15) is 0 Å². The first kappa shape index (κ1) is 33.9. The minimum atomic E-state index is -2.32. The van der Waals surface area contributed by atoms with E-state index in [1.165, 1.54) is 76.5 Å². The summed E-state index contributed by atoms with van der Waals surface area (Å²) in [5, 5.41) is 10.7. The van der Waals surface area contributed by atoms with Crippen LogP contribution in [-0.4, -0.2) is 5.43 Å². The third-order valence-corrected chi connectivity index (χ3v) is 31.9. The summed E-state index contributed by atoms with van der Waals surface area (Å²) in [6, 6.07) is 55.4. The standard InChI is InChI=1S/2C25H19.C2H6Si.Zr/c2*1-2-17-14-18-9-7-13-23(24(18)15-17)25-16-19-8-3-4-10-20(19)21-11-5-6-12-22(21)25;1-3-2;/h2*3-16H,2H2,1H3;1-2H3;. The van der Waals surface area contributed by atoms with E-state index in [2.05, 4.69) is 185 Å². The number of allylic oxidation sites excluding steroid dienone is 2. The third kappa shape index (κ3) is 5.25. The topological polar surface area (TPSA) is 0 Å². The molecule has 2 aliphatic rings. The molecule has 260 valence electrons. The van der Waals surface area contributed by atoms with Gasteiger partial charge in [0.05, 0.1) is 0 Å². The summed E-state index contributed by atoms with van der Waals surface area (Å²) in [5.74, 6) is 0. The number of rotatable bonds is 6. The van der Waals surface area contributed by atoms with E-state index >= 15 is 0 Å². The molecule has 8 aromatic rings. The zero-order chi connectivity index (χ0) is 36.5. The van der Waals surface area contributed by atoms with E-state index in [0.717, 1.165) is 12.8 Å². The first-order valence-corrected chi connectivity index (χ1v) is 28.7. The second-order valence-electron chi connectivity index (χ2n) is 15.5. The van der Waals surface area contributed by atoms with Crippen LogP contribution in [0.2, 0.25) is 13.1 Å². The van der Waals surface area contributed by atoms with E-state index in [4.69, 9.17) is 0 Å². The second kappa shape index (κ2) is 13.6. The van der Waals surface area contributed by atoms with Gasteiger partial charge in [0.25, 0.3) is 0 Å². The van der Waals surface area contributed by atoms with Gasteiger partial charge >= 0.3 is 329 Å². The van der Waals surface area contributed by atoms with E-state index in [1.807, 2.05) is 0 Å². The Hall–Kier alpha value is -4.62. The molecule has 0 N–H and O–H groups in total. The molecule has 2 atom stereocenters. The van der Waals surface area contributed by atoms with Crippen molar-refractivity contribution >= 4 is 60.7 Å². The Kier molecular flexibility index (Phi) is 8.54. The molecule has 2 unspecified atom stereocenters. The molecule has 0 nitrogen and oxygen atoms in total. The van der Waals surface area contributed by atoms with Crippen LogP contribution in [0.3, 0.4) is 0 Å². The zero-order valence-electron chi connectivity index (χ0n) is 31.6. The minimum absolute atomic E-state index is 0.571. The molecule has 2 aliphatic carbocycles. The van der Waals surface area contributed by atoms with Crippen LogP contribution in [0.1, 0.15) is 56.2 Å². The van der Waals surface area contributed by atoms with Gasteiger partial charge in [0.15, 0.2) is 0 Å². The number of benzene rings is 8. The summed E-state index contributed by atoms with van der Waals surface area (Å²) in [7, 11) is 0. The van der Waals surface area contributed by atoms with Gasteiger partial charge in [-0.25, -0.2) is 0 Å². The molecule has 0 aromatic heterocycles. The Morgan fingerprint density at radius 3 is 1.22 bits per heavy atom. The van der Waals surface area contributed by atoms with Crippen molar-refractivity contribution in [2.45, 2.75) is 47.0 Å². The van der Waals surface area contributed by atoms with Gasteiger partial charge in [0, 0.05) is 0 Å². The summed E-state index contributed by atoms with van der Waals surface area (Å²) in [6.07, 6.45) is 7.52. The van der Waals surface area contributed by atoms with Gasteiger partial charge in [0.2, 0.25) is 0 Å². The summed E-state index contributed by atoms with van der Waals surface area (Å²) in [5.41, 5.74) is 14.5. The van der Waals surface area contributed by atoms with Crippen molar-refractivity contribution in [3.8, 4) is 22.3 Å². The van der Waals surface area contributed by atoms with Crippen LogP contribution in [0, 0.1) is 0 Å². The van der Waals surface area contributed by atoms with Crippen LogP contribution >= 0.6 is 0 Å². The van der Waals surface area contributed by atoms with Gasteiger partial charge in [-0.05, 0) is 0 Å². The van der Waals surface area contributed by atoms with Crippen LogP contribution in [0.5, 0.6) is 0 Å². The Bertz CT molecular complexity index is 2740. The van der Waals surface area contributed by atoms with Crippen molar-refractivity contribution in [2.24, 2.45) is 0 Å². The van der Waals surface area contributed by atoms with Crippen LogP contribution in [0.4, 0.5) is 0 Å². The van der Waals surface area contributed by atoms with Crippen LogP contribution in [-0.2, 0) is 20.4 Å². The summed E-state index contributed by atoms with van der Waals surface area (Å²) in [4.78, 5) is 0. The fraction of sp³-hybridized carbons (Fsp3) is 0.154. The predicted octanol–water partition coefficient (Wildman–Crippen LogP) is 14.9. The SMILES string of the molecule is CCC1=Cc2c(-c3cc4ccccc4c4ccccc34)cccc2[CH]1[Zr]([CH]1C(CC)=Cc2c(-c3cc4ccccc4c4ccccc34)cccc21)=[Si](C)C. The first-order valence-electron chi connectivity index (χ1n) is 19.7. The monoisotopic (exact) mass is 786 g/mol. The average Bonchev–Trinajstić information content (AvgIpc) is 3.79. The molecule has 0 spiro atoms. The molecule has 8 aromatic carbocycles. The molecule has 0 fully saturated rings. The van der Waals surface area contributed by atoms with Crippen LogP contribution in [0.25, 0.3) is 77.5 Å². The number of fused-ring (bicyclic) bond motifs is 8. The van der Waals surface area contributed by atoms with Gasteiger partial charge in [-0.15, -0.1) is 0 Å².